The fourth-order valence-corrected chi connectivity index (χ4v) is 3.03. The molecule has 0 aromatic heterocycles. The van der Waals surface area contributed by atoms with Crippen LogP contribution in [0.4, 0.5) is 0 Å². The molecule has 1 spiro atoms. The highest BCUT2D eigenvalue weighted by Gasteiger charge is 2.41. The standard InChI is InChI=1S/C11H10O2S/c1-2-4-10-9(3-1)11(5-8-14-10)12-6-7-13-11/h1-4,6-7H,5,8H2. The fraction of sp³-hybridized carbons (Fsp3) is 0.273. The van der Waals surface area contributed by atoms with Crippen LogP contribution in [-0.2, 0) is 15.3 Å². The molecule has 0 bridgehead atoms. The second kappa shape index (κ2) is 2.95. The molecule has 0 N–H and O–H groups in total. The molecule has 0 aliphatic carbocycles. The van der Waals surface area contributed by atoms with Crippen molar-refractivity contribution in [2.24, 2.45) is 0 Å². The largest absolute Gasteiger partial charge is 0.453 e. The zero-order valence-electron chi connectivity index (χ0n) is 7.60. The van der Waals surface area contributed by atoms with Crippen molar-refractivity contribution in [1.82, 2.24) is 0 Å². The first-order valence-electron chi connectivity index (χ1n) is 4.64. The Morgan fingerprint density at radius 1 is 1.14 bits per heavy atom. The molecule has 0 saturated heterocycles. The summed E-state index contributed by atoms with van der Waals surface area (Å²) in [5.41, 5.74) is 1.15. The Bertz CT molecular complexity index is 379. The van der Waals surface area contributed by atoms with Crippen molar-refractivity contribution in [2.45, 2.75) is 17.1 Å². The van der Waals surface area contributed by atoms with Gasteiger partial charge in [-0.1, -0.05) is 18.2 Å². The van der Waals surface area contributed by atoms with Crippen LogP contribution in [0.2, 0.25) is 0 Å². The van der Waals surface area contributed by atoms with E-state index >= 15 is 0 Å². The quantitative estimate of drug-likeness (QED) is 0.650. The molecule has 0 saturated carbocycles. The number of rotatable bonds is 0. The summed E-state index contributed by atoms with van der Waals surface area (Å²) in [6.45, 7) is 0. The summed E-state index contributed by atoms with van der Waals surface area (Å²) >= 11 is 1.86. The molecule has 14 heavy (non-hydrogen) atoms. The van der Waals surface area contributed by atoms with Crippen LogP contribution in [0.5, 0.6) is 0 Å². The summed E-state index contributed by atoms with van der Waals surface area (Å²) in [6, 6.07) is 8.27. The van der Waals surface area contributed by atoms with Gasteiger partial charge in [-0.2, -0.15) is 0 Å². The summed E-state index contributed by atoms with van der Waals surface area (Å²) in [4.78, 5) is 1.27. The highest BCUT2D eigenvalue weighted by atomic mass is 32.2. The summed E-state index contributed by atoms with van der Waals surface area (Å²) in [5.74, 6) is 0.514. The number of ether oxygens (including phenoxy) is 2. The van der Waals surface area contributed by atoms with Crippen LogP contribution >= 0.6 is 11.8 Å². The van der Waals surface area contributed by atoms with E-state index in [-0.39, 0.29) is 0 Å². The molecule has 1 aromatic rings. The molecule has 0 fully saturated rings. The van der Waals surface area contributed by atoms with E-state index in [1.807, 2.05) is 23.9 Å². The topological polar surface area (TPSA) is 18.5 Å². The maximum atomic E-state index is 5.59. The van der Waals surface area contributed by atoms with Gasteiger partial charge in [-0.15, -0.1) is 11.8 Å². The highest BCUT2D eigenvalue weighted by Crippen LogP contribution is 2.45. The van der Waals surface area contributed by atoms with Gasteiger partial charge < -0.3 is 9.47 Å². The number of hydrogen-bond donors (Lipinski definition) is 0. The van der Waals surface area contributed by atoms with E-state index in [4.69, 9.17) is 9.47 Å². The Morgan fingerprint density at radius 2 is 1.93 bits per heavy atom. The van der Waals surface area contributed by atoms with Crippen molar-refractivity contribution in [1.29, 1.82) is 0 Å². The van der Waals surface area contributed by atoms with Crippen molar-refractivity contribution in [3.8, 4) is 0 Å². The van der Waals surface area contributed by atoms with Gasteiger partial charge in [0.05, 0.1) is 0 Å². The first-order chi connectivity index (χ1) is 6.91. The van der Waals surface area contributed by atoms with Gasteiger partial charge in [0.2, 0.25) is 0 Å². The van der Waals surface area contributed by atoms with Gasteiger partial charge >= 0.3 is 0 Å². The Labute approximate surface area is 86.9 Å². The van der Waals surface area contributed by atoms with E-state index in [1.54, 1.807) is 12.5 Å². The van der Waals surface area contributed by atoms with Gasteiger partial charge in [0.15, 0.2) is 0 Å². The molecule has 2 aliphatic rings. The van der Waals surface area contributed by atoms with Gasteiger partial charge in [0.1, 0.15) is 12.5 Å². The van der Waals surface area contributed by atoms with E-state index in [9.17, 15) is 0 Å². The fourth-order valence-electron chi connectivity index (χ4n) is 1.89. The molecule has 72 valence electrons. The molecule has 2 aliphatic heterocycles. The molecule has 3 heteroatoms. The summed E-state index contributed by atoms with van der Waals surface area (Å²) in [6.07, 6.45) is 4.17. The Hall–Kier alpha value is -1.09. The molecule has 0 radical (unpaired) electrons. The van der Waals surface area contributed by atoms with E-state index in [2.05, 4.69) is 12.1 Å². The van der Waals surface area contributed by atoms with Gasteiger partial charge in [0.25, 0.3) is 5.79 Å². The maximum Gasteiger partial charge on any atom is 0.278 e. The normalized spacial score (nSPS) is 21.4. The third kappa shape index (κ3) is 1.05. The second-order valence-electron chi connectivity index (χ2n) is 3.36. The number of fused-ring (bicyclic) bond motifs is 2. The molecule has 2 nitrogen and oxygen atoms in total. The average Bonchev–Trinajstić information content (AvgIpc) is 2.68. The third-order valence-corrected chi connectivity index (χ3v) is 3.63. The second-order valence-corrected chi connectivity index (χ2v) is 4.49. The highest BCUT2D eigenvalue weighted by molar-refractivity contribution is 7.99. The van der Waals surface area contributed by atoms with Crippen LogP contribution in [0, 0.1) is 0 Å². The van der Waals surface area contributed by atoms with Crippen molar-refractivity contribution in [3.63, 3.8) is 0 Å². The van der Waals surface area contributed by atoms with Crippen LogP contribution in [0.25, 0.3) is 0 Å². The van der Waals surface area contributed by atoms with Crippen molar-refractivity contribution in [2.75, 3.05) is 5.75 Å². The van der Waals surface area contributed by atoms with Gasteiger partial charge in [0, 0.05) is 22.6 Å². The van der Waals surface area contributed by atoms with Crippen LogP contribution < -0.4 is 0 Å². The lowest BCUT2D eigenvalue weighted by Crippen LogP contribution is -2.30. The van der Waals surface area contributed by atoms with Gasteiger partial charge in [-0.3, -0.25) is 0 Å². The predicted molar refractivity (Wildman–Crippen MR) is 54.8 cm³/mol. The average molecular weight is 206 g/mol. The minimum Gasteiger partial charge on any atom is -0.453 e. The van der Waals surface area contributed by atoms with E-state index in [0.29, 0.717) is 0 Å². The number of benzene rings is 1. The van der Waals surface area contributed by atoms with Crippen LogP contribution in [-0.4, -0.2) is 5.75 Å². The monoisotopic (exact) mass is 206 g/mol. The zero-order chi connectivity index (χ0) is 9.43. The lowest BCUT2D eigenvalue weighted by Gasteiger charge is -2.32. The summed E-state index contributed by atoms with van der Waals surface area (Å²) in [7, 11) is 0. The van der Waals surface area contributed by atoms with Crippen molar-refractivity contribution in [3.05, 3.63) is 42.4 Å². The minimum atomic E-state index is -0.526. The lowest BCUT2D eigenvalue weighted by molar-refractivity contribution is -0.154. The lowest BCUT2D eigenvalue weighted by atomic mass is 10.0. The summed E-state index contributed by atoms with van der Waals surface area (Å²) < 4.78 is 11.2. The van der Waals surface area contributed by atoms with E-state index in [0.717, 1.165) is 17.7 Å². The number of hydrogen-bond acceptors (Lipinski definition) is 3. The molecule has 0 atom stereocenters. The smallest absolute Gasteiger partial charge is 0.278 e. The van der Waals surface area contributed by atoms with Crippen LogP contribution in [0.15, 0.2) is 41.7 Å². The Balaban J connectivity index is 2.11. The first-order valence-corrected chi connectivity index (χ1v) is 5.62. The Kier molecular flexibility index (Phi) is 1.74. The maximum absolute atomic E-state index is 5.59. The molecule has 0 unspecified atom stereocenters. The van der Waals surface area contributed by atoms with Crippen molar-refractivity contribution >= 4 is 11.8 Å². The van der Waals surface area contributed by atoms with Crippen molar-refractivity contribution < 1.29 is 9.47 Å². The molecular weight excluding hydrogens is 196 g/mol. The molecule has 3 rings (SSSR count). The van der Waals surface area contributed by atoms with Gasteiger partial charge in [-0.25, -0.2) is 0 Å². The van der Waals surface area contributed by atoms with Gasteiger partial charge in [-0.05, 0) is 6.07 Å². The molecule has 1 aromatic carbocycles. The predicted octanol–water partition coefficient (Wildman–Crippen LogP) is 2.85. The van der Waals surface area contributed by atoms with E-state index in [1.165, 1.54) is 4.90 Å². The molecule has 2 heterocycles. The SMILES string of the molecule is C1=COC2(CCSc3ccccc32)O1. The van der Waals surface area contributed by atoms with Crippen LogP contribution in [0.1, 0.15) is 12.0 Å². The molecular formula is C11H10O2S. The van der Waals surface area contributed by atoms with E-state index < -0.39 is 5.79 Å². The van der Waals surface area contributed by atoms with Crippen LogP contribution in [0.3, 0.4) is 0 Å². The minimum absolute atomic E-state index is 0.526. The third-order valence-electron chi connectivity index (χ3n) is 2.56. The zero-order valence-corrected chi connectivity index (χ0v) is 8.42. The number of thioether (sulfide) groups is 1. The first kappa shape index (κ1) is 8.24. The summed E-state index contributed by atoms with van der Waals surface area (Å²) in [5, 5.41) is 0. The molecule has 0 amide bonds. The Morgan fingerprint density at radius 3 is 2.79 bits per heavy atom.